The van der Waals surface area contributed by atoms with E-state index in [1.54, 1.807) is 0 Å². The summed E-state index contributed by atoms with van der Waals surface area (Å²) >= 11 is 3.54. The van der Waals surface area contributed by atoms with E-state index in [0.29, 0.717) is 32.5 Å². The fourth-order valence-corrected chi connectivity index (χ4v) is 7.13. The normalized spacial score (nSPS) is 30.0. The van der Waals surface area contributed by atoms with Crippen LogP contribution in [0.1, 0.15) is 57.1 Å². The van der Waals surface area contributed by atoms with Gasteiger partial charge >= 0.3 is 5.97 Å². The number of carbonyl (C=O) groups is 2. The average molecular weight is 577 g/mol. The maximum absolute atomic E-state index is 14.1. The number of piperidine rings is 1. The van der Waals surface area contributed by atoms with E-state index in [1.165, 1.54) is 16.3 Å². The highest BCUT2D eigenvalue weighted by Crippen LogP contribution is 2.66. The smallest absolute Gasteiger partial charge is 0.313 e. The molecular weight excluding hydrogens is 542 g/mol. The number of amides is 1. The number of hydrogen-bond donors (Lipinski definition) is 0. The first-order valence-corrected chi connectivity index (χ1v) is 14.3. The molecular formula is C32H34BrNO4. The Labute approximate surface area is 232 Å². The molecule has 3 aliphatic rings. The Hall–Kier alpha value is -2.70. The van der Waals surface area contributed by atoms with Crippen molar-refractivity contribution in [3.63, 3.8) is 0 Å². The van der Waals surface area contributed by atoms with Crippen molar-refractivity contribution in [2.24, 2.45) is 10.8 Å². The van der Waals surface area contributed by atoms with Crippen molar-refractivity contribution in [2.75, 3.05) is 13.1 Å². The summed E-state index contributed by atoms with van der Waals surface area (Å²) in [6.07, 6.45) is 1.88. The van der Waals surface area contributed by atoms with Gasteiger partial charge in [-0.1, -0.05) is 78.3 Å². The van der Waals surface area contributed by atoms with Gasteiger partial charge in [0, 0.05) is 28.9 Å². The van der Waals surface area contributed by atoms with Crippen LogP contribution in [0.15, 0.2) is 71.2 Å². The monoisotopic (exact) mass is 575 g/mol. The summed E-state index contributed by atoms with van der Waals surface area (Å²) in [5.74, 6) is -0.139. The topological polar surface area (TPSA) is 55.8 Å². The van der Waals surface area contributed by atoms with E-state index in [-0.39, 0.29) is 23.9 Å². The molecule has 2 bridgehead atoms. The van der Waals surface area contributed by atoms with Gasteiger partial charge in [0.15, 0.2) is 5.60 Å². The summed E-state index contributed by atoms with van der Waals surface area (Å²) < 4.78 is 13.6. The highest BCUT2D eigenvalue weighted by atomic mass is 79.9. The van der Waals surface area contributed by atoms with Crippen LogP contribution in [0.25, 0.3) is 10.8 Å². The van der Waals surface area contributed by atoms with Crippen LogP contribution < -0.4 is 0 Å². The van der Waals surface area contributed by atoms with Gasteiger partial charge < -0.3 is 14.4 Å². The largest absolute Gasteiger partial charge is 0.448 e. The molecule has 198 valence electrons. The molecule has 1 amide bonds. The van der Waals surface area contributed by atoms with Crippen LogP contribution in [0.4, 0.5) is 0 Å². The van der Waals surface area contributed by atoms with Crippen molar-refractivity contribution < 1.29 is 19.1 Å². The fraction of sp³-hybridized carbons (Fsp3) is 0.438. The van der Waals surface area contributed by atoms with Crippen molar-refractivity contribution in [3.8, 4) is 0 Å². The summed E-state index contributed by atoms with van der Waals surface area (Å²) in [7, 11) is 0. The lowest BCUT2D eigenvalue weighted by Gasteiger charge is -2.44. The lowest BCUT2D eigenvalue weighted by Crippen LogP contribution is -2.58. The van der Waals surface area contributed by atoms with Gasteiger partial charge in [0.25, 0.3) is 5.91 Å². The van der Waals surface area contributed by atoms with E-state index in [2.05, 4.69) is 70.5 Å². The quantitative estimate of drug-likeness (QED) is 0.320. The van der Waals surface area contributed by atoms with Crippen LogP contribution in [0.3, 0.4) is 0 Å². The second-order valence-electron chi connectivity index (χ2n) is 11.9. The van der Waals surface area contributed by atoms with Crippen molar-refractivity contribution in [1.82, 2.24) is 4.90 Å². The van der Waals surface area contributed by atoms with Gasteiger partial charge in [0.1, 0.15) is 0 Å². The highest BCUT2D eigenvalue weighted by Gasteiger charge is 2.76. The third-order valence-electron chi connectivity index (χ3n) is 9.85. The summed E-state index contributed by atoms with van der Waals surface area (Å²) in [5, 5.41) is 2.39. The van der Waals surface area contributed by atoms with Crippen molar-refractivity contribution in [1.29, 1.82) is 0 Å². The van der Waals surface area contributed by atoms with Crippen LogP contribution in [0.2, 0.25) is 0 Å². The number of fused-ring (bicyclic) bond motifs is 3. The number of likely N-dealkylation sites (tertiary alicyclic amines) is 1. The Morgan fingerprint density at radius 2 is 1.76 bits per heavy atom. The van der Waals surface area contributed by atoms with Gasteiger partial charge in [-0.05, 0) is 66.3 Å². The third-order valence-corrected chi connectivity index (χ3v) is 10.4. The lowest BCUT2D eigenvalue weighted by molar-refractivity contribution is -0.176. The molecule has 4 atom stereocenters. The Morgan fingerprint density at radius 1 is 1.03 bits per heavy atom. The molecule has 3 fully saturated rings. The van der Waals surface area contributed by atoms with E-state index in [0.717, 1.165) is 16.5 Å². The first-order chi connectivity index (χ1) is 18.1. The molecule has 0 aromatic heterocycles. The van der Waals surface area contributed by atoms with E-state index in [9.17, 15) is 9.59 Å². The maximum Gasteiger partial charge on any atom is 0.313 e. The van der Waals surface area contributed by atoms with Crippen LogP contribution in [0, 0.1) is 10.8 Å². The maximum atomic E-state index is 14.1. The average Bonchev–Trinajstić information content (AvgIpc) is 3.22. The molecule has 2 saturated heterocycles. The zero-order chi connectivity index (χ0) is 26.7. The molecule has 3 aromatic rings. The molecule has 0 N–H and O–H groups in total. The zero-order valence-electron chi connectivity index (χ0n) is 22.2. The molecule has 2 aliphatic heterocycles. The highest BCUT2D eigenvalue weighted by molar-refractivity contribution is 9.10. The Kier molecular flexibility index (Phi) is 6.19. The molecule has 6 heteroatoms. The molecule has 0 unspecified atom stereocenters. The molecule has 38 heavy (non-hydrogen) atoms. The minimum absolute atomic E-state index is 0.0642. The van der Waals surface area contributed by atoms with Crippen LogP contribution >= 0.6 is 15.9 Å². The first kappa shape index (κ1) is 25.6. The molecule has 5 nitrogen and oxygen atoms in total. The molecule has 2 heterocycles. The van der Waals surface area contributed by atoms with Crippen molar-refractivity contribution >= 4 is 38.6 Å². The Balaban J connectivity index is 1.26. The SMILES string of the molecule is CC1(C)[C@@]2(C)CC[C@@]1(C(=O)N1CC[C@H](c3ccc(Br)cc3)[C@@H](OCc3ccc4ccccc4c3)C1)OC2=O. The molecule has 0 radical (unpaired) electrons. The summed E-state index contributed by atoms with van der Waals surface area (Å²) in [5.41, 5.74) is 0.0510. The minimum Gasteiger partial charge on any atom is -0.448 e. The van der Waals surface area contributed by atoms with Gasteiger partial charge in [0.2, 0.25) is 0 Å². The molecule has 1 aliphatic carbocycles. The Morgan fingerprint density at radius 3 is 2.45 bits per heavy atom. The molecule has 0 spiro atoms. The lowest BCUT2D eigenvalue weighted by atomic mass is 9.66. The zero-order valence-corrected chi connectivity index (χ0v) is 23.8. The number of ether oxygens (including phenoxy) is 2. The number of halogens is 1. The van der Waals surface area contributed by atoms with Gasteiger partial charge in [-0.25, -0.2) is 0 Å². The molecule has 3 aromatic carbocycles. The Bertz CT molecular complexity index is 1400. The summed E-state index contributed by atoms with van der Waals surface area (Å²) in [6.45, 7) is 7.54. The molecule has 1 saturated carbocycles. The van der Waals surface area contributed by atoms with E-state index < -0.39 is 16.4 Å². The first-order valence-electron chi connectivity index (χ1n) is 13.5. The second kappa shape index (κ2) is 9.20. The van der Waals surface area contributed by atoms with Crippen LogP contribution in [-0.2, 0) is 25.7 Å². The number of nitrogens with zero attached hydrogens (tertiary/aromatic N) is 1. The number of benzene rings is 3. The number of carbonyl (C=O) groups excluding carboxylic acids is 2. The second-order valence-corrected chi connectivity index (χ2v) is 12.8. The van der Waals surface area contributed by atoms with Crippen LogP contribution in [-0.4, -0.2) is 41.6 Å². The predicted molar refractivity (Wildman–Crippen MR) is 151 cm³/mol. The van der Waals surface area contributed by atoms with Gasteiger partial charge in [-0.15, -0.1) is 0 Å². The predicted octanol–water partition coefficient (Wildman–Crippen LogP) is 6.63. The van der Waals surface area contributed by atoms with Crippen molar-refractivity contribution in [3.05, 3.63) is 82.3 Å². The van der Waals surface area contributed by atoms with Crippen molar-refractivity contribution in [2.45, 2.75) is 64.3 Å². The number of hydrogen-bond acceptors (Lipinski definition) is 4. The molecule has 6 rings (SSSR count). The standard InChI is InChI=1S/C32H34BrNO4/c1-30(2)31(3)15-16-32(30,38-29(31)36)28(35)34-17-14-26(23-10-12-25(33)13-11-23)27(19-34)37-20-21-8-9-22-6-4-5-7-24(22)18-21/h4-13,18,26-27H,14-17,19-20H2,1-3H3/t26-,27+,31+,32+/m1/s1. The third kappa shape index (κ3) is 3.83. The van der Waals surface area contributed by atoms with E-state index in [1.807, 2.05) is 37.8 Å². The van der Waals surface area contributed by atoms with Gasteiger partial charge in [0.05, 0.1) is 18.1 Å². The number of esters is 1. The summed E-state index contributed by atoms with van der Waals surface area (Å²) in [6, 6.07) is 23.1. The van der Waals surface area contributed by atoms with E-state index >= 15 is 0 Å². The fourth-order valence-electron chi connectivity index (χ4n) is 6.87. The summed E-state index contributed by atoms with van der Waals surface area (Å²) in [4.78, 5) is 28.8. The van der Waals surface area contributed by atoms with Gasteiger partial charge in [-0.2, -0.15) is 0 Å². The van der Waals surface area contributed by atoms with Gasteiger partial charge in [-0.3, -0.25) is 9.59 Å². The number of rotatable bonds is 5. The minimum atomic E-state index is -1.09. The van der Waals surface area contributed by atoms with E-state index in [4.69, 9.17) is 9.47 Å². The van der Waals surface area contributed by atoms with Crippen LogP contribution in [0.5, 0.6) is 0 Å².